The van der Waals surface area contributed by atoms with Gasteiger partial charge in [-0.15, -0.1) is 0 Å². The lowest BCUT2D eigenvalue weighted by molar-refractivity contribution is 0.132. The summed E-state index contributed by atoms with van der Waals surface area (Å²) in [7, 11) is -1.61. The van der Waals surface area contributed by atoms with Gasteiger partial charge in [0.05, 0.1) is 0 Å². The molecule has 0 radical (unpaired) electrons. The molecule has 0 aromatic heterocycles. The lowest BCUT2D eigenvalue weighted by Gasteiger charge is -2.29. The Balaban J connectivity index is 4.53. The van der Waals surface area contributed by atoms with E-state index in [-0.39, 0.29) is 0 Å². The van der Waals surface area contributed by atoms with Gasteiger partial charge in [0.2, 0.25) is 0 Å². The number of hydrogen-bond acceptors (Lipinski definition) is 3. The molecule has 16 heavy (non-hydrogen) atoms. The summed E-state index contributed by atoms with van der Waals surface area (Å²) in [6.07, 6.45) is 0. The van der Waals surface area contributed by atoms with Gasteiger partial charge < -0.3 is 0 Å². The summed E-state index contributed by atoms with van der Waals surface area (Å²) < 4.78 is 14.4. The van der Waals surface area contributed by atoms with Crippen molar-refractivity contribution in [2.24, 2.45) is 0 Å². The Bertz CT molecular complexity index is 182. The molecule has 0 spiro atoms. The molecule has 0 aliphatic carbocycles. The van der Waals surface area contributed by atoms with Crippen LogP contribution in [0.3, 0.4) is 0 Å². The van der Waals surface area contributed by atoms with Crippen molar-refractivity contribution < 1.29 is 13.6 Å². The van der Waals surface area contributed by atoms with Crippen LogP contribution in [0.4, 0.5) is 0 Å². The molecule has 0 aliphatic rings. The summed E-state index contributed by atoms with van der Waals surface area (Å²) in [5, 5.41) is 0. The Labute approximate surface area is 147 Å². The summed E-state index contributed by atoms with van der Waals surface area (Å²) in [6.45, 7) is 5.32. The zero-order valence-corrected chi connectivity index (χ0v) is 18.9. The second kappa shape index (κ2) is 7.27. The Morgan fingerprint density at radius 3 is 0.938 bits per heavy atom. The Morgan fingerprint density at radius 2 is 0.812 bits per heavy atom. The van der Waals surface area contributed by atoms with Crippen LogP contribution < -0.4 is 0 Å². The molecule has 0 rings (SSSR count). The zero-order chi connectivity index (χ0) is 13.2. The minimum Gasteiger partial charge on any atom is -0.283 e. The minimum absolute atomic E-state index is 0.720. The summed E-state index contributed by atoms with van der Waals surface area (Å²) in [6, 6.07) is 0. The fraction of sp³-hybridized carbons (Fsp3) is 1.00. The van der Waals surface area contributed by atoms with E-state index < -0.39 is 18.9 Å². The summed E-state index contributed by atoms with van der Waals surface area (Å²) >= 11 is 19.7. The maximum atomic E-state index is 5.52. The molecule has 0 atom stereocenters. The monoisotopic (exact) mass is 634 g/mol. The molecule has 10 heteroatoms. The van der Waals surface area contributed by atoms with Crippen LogP contribution in [0.1, 0.15) is 20.8 Å². The van der Waals surface area contributed by atoms with Crippen molar-refractivity contribution in [1.82, 2.24) is 0 Å². The highest BCUT2D eigenvalue weighted by Crippen LogP contribution is 2.56. The average Bonchev–Trinajstić information content (AvgIpc) is 1.70. The van der Waals surface area contributed by atoms with Gasteiger partial charge in [0.25, 0.3) is 0 Å². The van der Waals surface area contributed by atoms with Crippen LogP contribution in [0.2, 0.25) is 0 Å². The van der Waals surface area contributed by atoms with Crippen LogP contribution in [-0.4, -0.2) is 10.3 Å². The first-order chi connectivity index (χ1) is 6.79. The summed E-state index contributed by atoms with van der Waals surface area (Å²) in [4.78, 5) is 0. The first-order valence-electron chi connectivity index (χ1n) is 3.79. The van der Waals surface area contributed by atoms with Crippen LogP contribution in [0.5, 0.6) is 0 Å². The molecule has 98 valence electrons. The van der Waals surface area contributed by atoms with Gasteiger partial charge in [0, 0.05) is 0 Å². The molecule has 0 bridgehead atoms. The maximum Gasteiger partial charge on any atom is 0.339 e. The Morgan fingerprint density at radius 1 is 0.625 bits per heavy atom. The number of alkyl halides is 6. The van der Waals surface area contributed by atoms with Crippen molar-refractivity contribution in [1.29, 1.82) is 0 Å². The van der Waals surface area contributed by atoms with Gasteiger partial charge in [0.1, 0.15) is 0 Å². The van der Waals surface area contributed by atoms with E-state index in [1.54, 1.807) is 20.8 Å². The van der Waals surface area contributed by atoms with Gasteiger partial charge in [-0.1, -0.05) is 0 Å². The van der Waals surface area contributed by atoms with E-state index >= 15 is 0 Å². The predicted molar refractivity (Wildman–Crippen MR) is 89.0 cm³/mol. The first-order valence-corrected chi connectivity index (χ1v) is 9.65. The smallest absolute Gasteiger partial charge is 0.283 e. The van der Waals surface area contributed by atoms with Crippen LogP contribution in [0.25, 0.3) is 0 Å². The zero-order valence-electron chi connectivity index (χ0n) is 8.44. The van der Waals surface area contributed by atoms with Gasteiger partial charge in [-0.2, -0.15) is 0 Å². The van der Waals surface area contributed by atoms with Gasteiger partial charge in [0.15, 0.2) is 10.3 Å². The summed E-state index contributed by atoms with van der Waals surface area (Å²) in [5.74, 6) is 0. The van der Waals surface area contributed by atoms with Crippen LogP contribution in [-0.2, 0) is 13.6 Å². The highest BCUT2D eigenvalue weighted by Gasteiger charge is 2.35. The second-order valence-electron chi connectivity index (χ2n) is 2.92. The van der Waals surface area contributed by atoms with E-state index in [9.17, 15) is 0 Å². The van der Waals surface area contributed by atoms with Gasteiger partial charge in [-0.25, -0.2) is 0 Å². The predicted octanol–water partition coefficient (Wildman–Crippen LogP) is 6.65. The van der Waals surface area contributed by atoms with Crippen molar-refractivity contribution >= 4 is 104 Å². The van der Waals surface area contributed by atoms with E-state index in [4.69, 9.17) is 13.6 Å². The molecule has 0 saturated carbocycles. The third-order valence-electron chi connectivity index (χ3n) is 0.704. The SMILES string of the molecule is CC(Br)(Br)OP(OC(C)(Br)Br)OC(C)(Br)Br. The number of halogens is 6. The van der Waals surface area contributed by atoms with Gasteiger partial charge in [-0.3, -0.25) is 13.6 Å². The normalized spacial score (nSPS) is 14.6. The van der Waals surface area contributed by atoms with E-state index in [1.165, 1.54) is 0 Å². The van der Waals surface area contributed by atoms with Crippen molar-refractivity contribution in [3.63, 3.8) is 0 Å². The van der Waals surface area contributed by atoms with Crippen molar-refractivity contribution in [3.05, 3.63) is 0 Å². The maximum absolute atomic E-state index is 5.52. The molecule has 0 aliphatic heterocycles. The average molecular weight is 640 g/mol. The molecular weight excluding hydrogens is 630 g/mol. The Hall–Kier alpha value is 3.19. The van der Waals surface area contributed by atoms with Gasteiger partial charge in [-0.05, 0) is 116 Å². The van der Waals surface area contributed by atoms with Crippen molar-refractivity contribution in [2.45, 2.75) is 31.0 Å². The van der Waals surface area contributed by atoms with E-state index in [1.807, 2.05) is 0 Å². The molecule has 0 saturated heterocycles. The van der Waals surface area contributed by atoms with Gasteiger partial charge >= 0.3 is 8.60 Å². The first kappa shape index (κ1) is 19.2. The molecule has 0 unspecified atom stereocenters. The molecule has 0 fully saturated rings. The van der Waals surface area contributed by atoms with Crippen molar-refractivity contribution in [2.75, 3.05) is 0 Å². The molecule has 0 heterocycles. The molecule has 0 N–H and O–H groups in total. The topological polar surface area (TPSA) is 27.7 Å². The van der Waals surface area contributed by atoms with E-state index in [0.29, 0.717) is 0 Å². The number of hydrogen-bond donors (Lipinski definition) is 0. The molecule has 0 amide bonds. The standard InChI is InChI=1S/C6H9Br6O3P/c1-4(7,8)13-16(14-5(2,9)10)15-6(3,11)12/h1-3H3. The van der Waals surface area contributed by atoms with E-state index in [0.717, 1.165) is 0 Å². The lowest BCUT2D eigenvalue weighted by atomic mass is 10.9. The minimum atomic E-state index is -1.61. The quantitative estimate of drug-likeness (QED) is 0.241. The largest absolute Gasteiger partial charge is 0.339 e. The third kappa shape index (κ3) is 13.6. The van der Waals surface area contributed by atoms with Crippen molar-refractivity contribution in [3.8, 4) is 0 Å². The van der Waals surface area contributed by atoms with E-state index in [2.05, 4.69) is 95.6 Å². The Kier molecular flexibility index (Phi) is 8.72. The fourth-order valence-electron chi connectivity index (χ4n) is 0.449. The highest BCUT2D eigenvalue weighted by atomic mass is 79.9. The highest BCUT2D eigenvalue weighted by molar-refractivity contribution is 9.26. The number of rotatable bonds is 6. The summed E-state index contributed by atoms with van der Waals surface area (Å²) in [5.41, 5.74) is 0. The fourth-order valence-corrected chi connectivity index (χ4v) is 3.47. The van der Waals surface area contributed by atoms with Crippen LogP contribution in [0.15, 0.2) is 0 Å². The molecule has 0 aromatic carbocycles. The molecule has 3 nitrogen and oxygen atoms in total. The van der Waals surface area contributed by atoms with Crippen LogP contribution in [0, 0.1) is 0 Å². The second-order valence-corrected chi connectivity index (χ2v) is 16.2. The third-order valence-corrected chi connectivity index (χ3v) is 4.72. The molecular formula is C6H9Br6O3P. The molecule has 0 aromatic rings. The lowest BCUT2D eigenvalue weighted by Crippen LogP contribution is -2.18. The van der Waals surface area contributed by atoms with Crippen LogP contribution >= 0.6 is 104 Å².